The molecule has 0 aliphatic rings. The Morgan fingerprint density at radius 1 is 0.600 bits per heavy atom. The lowest BCUT2D eigenvalue weighted by Gasteiger charge is -2.20. The van der Waals surface area contributed by atoms with E-state index in [1.807, 2.05) is 18.2 Å². The van der Waals surface area contributed by atoms with Gasteiger partial charge in [0.1, 0.15) is 17.2 Å². The highest BCUT2D eigenvalue weighted by molar-refractivity contribution is 9.10. The highest BCUT2D eigenvalue weighted by Gasteiger charge is 2.34. The number of benzene rings is 3. The van der Waals surface area contributed by atoms with Crippen molar-refractivity contribution in [2.75, 3.05) is 0 Å². The van der Waals surface area contributed by atoms with Crippen molar-refractivity contribution >= 4 is 39.7 Å². The Bertz CT molecular complexity index is 851. The Balaban J connectivity index is 1.94. The molecule has 0 saturated heterocycles. The van der Waals surface area contributed by atoms with Crippen LogP contribution in [0.5, 0.6) is 17.2 Å². The molecule has 0 radical (unpaired) electrons. The Labute approximate surface area is 162 Å². The summed E-state index contributed by atoms with van der Waals surface area (Å²) in [7, 11) is -4.00. The van der Waals surface area contributed by atoms with Crippen molar-refractivity contribution in [3.8, 4) is 17.2 Å². The second-order valence-electron chi connectivity index (χ2n) is 4.89. The lowest BCUT2D eigenvalue weighted by Crippen LogP contribution is -2.08. The summed E-state index contributed by atoms with van der Waals surface area (Å²) in [5, 5.41) is 0. The molecule has 25 heavy (non-hydrogen) atoms. The van der Waals surface area contributed by atoms with Gasteiger partial charge in [-0.25, -0.2) is 0 Å². The molecule has 128 valence electrons. The molecule has 4 nitrogen and oxygen atoms in total. The summed E-state index contributed by atoms with van der Waals surface area (Å²) in [5.74, 6) is 1.09. The lowest BCUT2D eigenvalue weighted by atomic mass is 10.3. The van der Waals surface area contributed by atoms with Crippen LogP contribution in [0.15, 0.2) is 87.8 Å². The minimum absolute atomic E-state index is 0.355. The van der Waals surface area contributed by atoms with Crippen molar-refractivity contribution in [3.63, 3.8) is 0 Å². The number of phosphoric acid groups is 1. The summed E-state index contributed by atoms with van der Waals surface area (Å²) in [4.78, 5) is 0. The van der Waals surface area contributed by atoms with Crippen LogP contribution in [0.1, 0.15) is 0 Å². The van der Waals surface area contributed by atoms with Crippen molar-refractivity contribution in [1.82, 2.24) is 0 Å². The topological polar surface area (TPSA) is 44.8 Å². The zero-order chi connectivity index (χ0) is 17.7. The van der Waals surface area contributed by atoms with Gasteiger partial charge in [0.05, 0.1) is 8.95 Å². The molecule has 0 aromatic heterocycles. The van der Waals surface area contributed by atoms with Gasteiger partial charge in [-0.2, -0.15) is 4.57 Å². The first-order valence-corrected chi connectivity index (χ1v) is 10.3. The van der Waals surface area contributed by atoms with Gasteiger partial charge in [-0.05, 0) is 68.3 Å². The summed E-state index contributed by atoms with van der Waals surface area (Å²) >= 11 is 6.74. The summed E-state index contributed by atoms with van der Waals surface area (Å²) in [5.41, 5.74) is 0. The Morgan fingerprint density at radius 3 is 1.52 bits per heavy atom. The second-order valence-corrected chi connectivity index (χ2v) is 8.05. The Kier molecular flexibility index (Phi) is 5.84. The predicted molar refractivity (Wildman–Crippen MR) is 104 cm³/mol. The number of hydrogen-bond acceptors (Lipinski definition) is 4. The second kappa shape index (κ2) is 8.09. The third-order valence-electron chi connectivity index (χ3n) is 3.05. The number of para-hydroxylation sites is 3. The van der Waals surface area contributed by atoms with Gasteiger partial charge in [0.25, 0.3) is 0 Å². The summed E-state index contributed by atoms with van der Waals surface area (Å²) in [6.45, 7) is 0. The molecule has 0 aliphatic heterocycles. The van der Waals surface area contributed by atoms with Crippen molar-refractivity contribution in [3.05, 3.63) is 87.8 Å². The molecule has 0 heterocycles. The molecule has 0 amide bonds. The molecular weight excluding hydrogens is 471 g/mol. The summed E-state index contributed by atoms with van der Waals surface area (Å²) < 4.78 is 31.5. The first-order chi connectivity index (χ1) is 12.1. The van der Waals surface area contributed by atoms with Crippen LogP contribution >= 0.6 is 39.7 Å². The smallest absolute Gasteiger partial charge is 0.386 e. The normalized spacial score (nSPS) is 11.0. The largest absolute Gasteiger partial charge is 0.647 e. The fourth-order valence-electron chi connectivity index (χ4n) is 1.94. The van der Waals surface area contributed by atoms with Gasteiger partial charge in [0, 0.05) is 0 Å². The van der Waals surface area contributed by atoms with E-state index in [-0.39, 0.29) is 0 Å². The third-order valence-corrected chi connectivity index (χ3v) is 5.64. The first kappa shape index (κ1) is 18.1. The standard InChI is InChI=1S/C18H13Br2O4P/c19-15-10-4-6-12-17(15)23-25(21,22-14-8-2-1-3-9-14)24-18-13-7-5-11-16(18)20/h1-13H. The van der Waals surface area contributed by atoms with E-state index in [4.69, 9.17) is 13.6 Å². The molecule has 7 heteroatoms. The van der Waals surface area contributed by atoms with Crippen molar-refractivity contribution in [2.24, 2.45) is 0 Å². The average Bonchev–Trinajstić information content (AvgIpc) is 2.60. The maximum absolute atomic E-state index is 13.3. The molecule has 0 saturated carbocycles. The van der Waals surface area contributed by atoms with E-state index in [9.17, 15) is 4.57 Å². The minimum atomic E-state index is -4.00. The molecule has 0 unspecified atom stereocenters. The predicted octanol–water partition coefficient (Wildman–Crippen LogP) is 6.86. The molecule has 3 aromatic carbocycles. The molecule has 0 aliphatic carbocycles. The maximum atomic E-state index is 13.3. The molecule has 3 aromatic rings. The van der Waals surface area contributed by atoms with Crippen LogP contribution < -0.4 is 13.6 Å². The third kappa shape index (κ3) is 4.88. The Hall–Kier alpha value is -1.75. The molecule has 0 spiro atoms. The van der Waals surface area contributed by atoms with E-state index < -0.39 is 7.82 Å². The molecule has 0 fully saturated rings. The van der Waals surface area contributed by atoms with E-state index in [1.54, 1.807) is 60.7 Å². The SMILES string of the molecule is O=P(Oc1ccccc1)(Oc1ccccc1Br)Oc1ccccc1Br. The van der Waals surface area contributed by atoms with Gasteiger partial charge in [-0.1, -0.05) is 42.5 Å². The first-order valence-electron chi connectivity index (χ1n) is 7.29. The molecule has 0 atom stereocenters. The summed E-state index contributed by atoms with van der Waals surface area (Å²) in [6, 6.07) is 22.8. The fourth-order valence-corrected chi connectivity index (χ4v) is 4.22. The van der Waals surface area contributed by atoms with Gasteiger partial charge in [-0.3, -0.25) is 0 Å². The van der Waals surface area contributed by atoms with Gasteiger partial charge in [0.15, 0.2) is 0 Å². The van der Waals surface area contributed by atoms with Gasteiger partial charge >= 0.3 is 7.82 Å². The van der Waals surface area contributed by atoms with E-state index in [0.29, 0.717) is 26.2 Å². The van der Waals surface area contributed by atoms with Gasteiger partial charge in [0.2, 0.25) is 0 Å². The zero-order valence-corrected chi connectivity index (χ0v) is 16.9. The van der Waals surface area contributed by atoms with E-state index in [0.717, 1.165) is 0 Å². The average molecular weight is 484 g/mol. The Morgan fingerprint density at radius 2 is 1.04 bits per heavy atom. The van der Waals surface area contributed by atoms with Crippen LogP contribution in [0.25, 0.3) is 0 Å². The van der Waals surface area contributed by atoms with Crippen LogP contribution in [-0.4, -0.2) is 0 Å². The zero-order valence-electron chi connectivity index (χ0n) is 12.8. The van der Waals surface area contributed by atoms with Gasteiger partial charge < -0.3 is 13.6 Å². The number of rotatable bonds is 6. The highest BCUT2D eigenvalue weighted by Crippen LogP contribution is 2.51. The van der Waals surface area contributed by atoms with E-state index in [2.05, 4.69) is 31.9 Å². The number of phosphoric ester groups is 1. The monoisotopic (exact) mass is 482 g/mol. The molecule has 0 bridgehead atoms. The van der Waals surface area contributed by atoms with Crippen molar-refractivity contribution < 1.29 is 18.1 Å². The fraction of sp³-hybridized carbons (Fsp3) is 0. The molecule has 3 rings (SSSR count). The minimum Gasteiger partial charge on any atom is -0.386 e. The lowest BCUT2D eigenvalue weighted by molar-refractivity contribution is 0.297. The van der Waals surface area contributed by atoms with E-state index >= 15 is 0 Å². The molecular formula is C18H13Br2O4P. The maximum Gasteiger partial charge on any atom is 0.647 e. The summed E-state index contributed by atoms with van der Waals surface area (Å²) in [6.07, 6.45) is 0. The van der Waals surface area contributed by atoms with Crippen molar-refractivity contribution in [1.29, 1.82) is 0 Å². The van der Waals surface area contributed by atoms with Crippen LogP contribution in [0.4, 0.5) is 0 Å². The quantitative estimate of drug-likeness (QED) is 0.359. The highest BCUT2D eigenvalue weighted by atomic mass is 79.9. The van der Waals surface area contributed by atoms with Crippen LogP contribution in [0.2, 0.25) is 0 Å². The van der Waals surface area contributed by atoms with Crippen molar-refractivity contribution in [2.45, 2.75) is 0 Å². The number of hydrogen-bond donors (Lipinski definition) is 0. The molecule has 0 N–H and O–H groups in total. The van der Waals surface area contributed by atoms with Gasteiger partial charge in [-0.15, -0.1) is 0 Å². The van der Waals surface area contributed by atoms with Crippen LogP contribution in [-0.2, 0) is 4.57 Å². The van der Waals surface area contributed by atoms with E-state index in [1.165, 1.54) is 0 Å². The van der Waals surface area contributed by atoms with Crippen LogP contribution in [0, 0.1) is 0 Å². The van der Waals surface area contributed by atoms with Crippen LogP contribution in [0.3, 0.4) is 0 Å². The number of halogens is 2.